The number of fused-ring (bicyclic) bond motifs is 1. The molecule has 2 aromatic rings. The van der Waals surface area contributed by atoms with E-state index in [0.29, 0.717) is 35.8 Å². The van der Waals surface area contributed by atoms with Gasteiger partial charge >= 0.3 is 0 Å². The average Bonchev–Trinajstić information content (AvgIpc) is 3.03. The Morgan fingerprint density at radius 3 is 2.75 bits per heavy atom. The monoisotopic (exact) mass is 329 g/mol. The van der Waals surface area contributed by atoms with Crippen molar-refractivity contribution < 1.29 is 23.6 Å². The van der Waals surface area contributed by atoms with Crippen molar-refractivity contribution in [2.24, 2.45) is 5.73 Å². The Balaban J connectivity index is 1.56. The summed E-state index contributed by atoms with van der Waals surface area (Å²) in [6.07, 6.45) is 1.31. The molecule has 0 atom stereocenters. The van der Waals surface area contributed by atoms with Gasteiger partial charge in [-0.05, 0) is 31.0 Å². The number of nitrogens with zero attached hydrogens (tertiary/aromatic N) is 1. The molecule has 1 aromatic heterocycles. The van der Waals surface area contributed by atoms with Crippen LogP contribution < -0.4 is 20.5 Å². The van der Waals surface area contributed by atoms with Gasteiger partial charge in [-0.2, -0.15) is 0 Å². The second-order valence-electron chi connectivity index (χ2n) is 5.88. The third-order valence-electron chi connectivity index (χ3n) is 4.27. The molecule has 0 spiro atoms. The third-order valence-corrected chi connectivity index (χ3v) is 4.27. The maximum absolute atomic E-state index is 12.3. The van der Waals surface area contributed by atoms with Crippen LogP contribution in [0.4, 0.5) is 0 Å². The van der Waals surface area contributed by atoms with E-state index < -0.39 is 11.3 Å². The first kappa shape index (κ1) is 14.6. The molecule has 1 aliphatic carbocycles. The number of hydrogen-bond donors (Lipinski definition) is 2. The van der Waals surface area contributed by atoms with Gasteiger partial charge in [0.2, 0.25) is 18.6 Å². The van der Waals surface area contributed by atoms with Crippen LogP contribution in [0.2, 0.25) is 0 Å². The van der Waals surface area contributed by atoms with Gasteiger partial charge in [0.25, 0.3) is 0 Å². The fourth-order valence-corrected chi connectivity index (χ4v) is 2.75. The van der Waals surface area contributed by atoms with E-state index in [0.717, 1.165) is 5.56 Å². The lowest BCUT2D eigenvalue weighted by Crippen LogP contribution is -2.39. The molecule has 24 heavy (non-hydrogen) atoms. The van der Waals surface area contributed by atoms with Crippen molar-refractivity contribution in [1.29, 1.82) is 0 Å². The van der Waals surface area contributed by atoms with Crippen molar-refractivity contribution in [2.75, 3.05) is 13.3 Å². The summed E-state index contributed by atoms with van der Waals surface area (Å²) in [7, 11) is 0. The Hall–Kier alpha value is -3.03. The van der Waals surface area contributed by atoms with Crippen molar-refractivity contribution in [3.8, 4) is 22.8 Å². The minimum absolute atomic E-state index is 0.187. The van der Waals surface area contributed by atoms with E-state index in [4.69, 9.17) is 19.7 Å². The van der Waals surface area contributed by atoms with Crippen LogP contribution in [-0.4, -0.2) is 30.3 Å². The maximum Gasteiger partial charge on any atom is 0.236 e. The lowest BCUT2D eigenvalue weighted by atomic mass is 10.0. The first-order valence-corrected chi connectivity index (χ1v) is 7.52. The molecule has 2 amide bonds. The second kappa shape index (κ2) is 5.26. The molecule has 4 rings (SSSR count). The van der Waals surface area contributed by atoms with Gasteiger partial charge in [-0.15, -0.1) is 0 Å². The van der Waals surface area contributed by atoms with E-state index in [2.05, 4.69) is 10.5 Å². The zero-order chi connectivity index (χ0) is 16.7. The van der Waals surface area contributed by atoms with Crippen molar-refractivity contribution >= 4 is 11.8 Å². The predicted octanol–water partition coefficient (Wildman–Crippen LogP) is 0.703. The molecule has 1 aromatic carbocycles. The summed E-state index contributed by atoms with van der Waals surface area (Å²) in [5.74, 6) is 1.03. The summed E-state index contributed by atoms with van der Waals surface area (Å²) < 4.78 is 16.0. The summed E-state index contributed by atoms with van der Waals surface area (Å²) in [6.45, 7) is 0.0110. The zero-order valence-electron chi connectivity index (χ0n) is 12.7. The normalized spacial score (nSPS) is 16.7. The standard InChI is InChI=1S/C16H15N3O5/c17-14(20)7-18-15(21)16(3-4-16)13-6-11(24-19-13)9-1-2-10-12(5-9)23-8-22-10/h1-2,5-6H,3-4,7-8H2,(H2,17,20)(H,18,21). The highest BCUT2D eigenvalue weighted by molar-refractivity contribution is 5.93. The molecular formula is C16H15N3O5. The summed E-state index contributed by atoms with van der Waals surface area (Å²) in [4.78, 5) is 23.1. The average molecular weight is 329 g/mol. The van der Waals surface area contributed by atoms with E-state index >= 15 is 0 Å². The number of carbonyl (C=O) groups excluding carboxylic acids is 2. The molecule has 2 aliphatic rings. The summed E-state index contributed by atoms with van der Waals surface area (Å²) in [5, 5.41) is 6.58. The van der Waals surface area contributed by atoms with Crippen molar-refractivity contribution in [1.82, 2.24) is 10.5 Å². The van der Waals surface area contributed by atoms with Crippen LogP contribution in [0.5, 0.6) is 11.5 Å². The van der Waals surface area contributed by atoms with Gasteiger partial charge in [-0.25, -0.2) is 0 Å². The van der Waals surface area contributed by atoms with Gasteiger partial charge in [0, 0.05) is 11.6 Å². The highest BCUT2D eigenvalue weighted by atomic mass is 16.7. The quantitative estimate of drug-likeness (QED) is 0.834. The number of benzene rings is 1. The molecule has 8 heteroatoms. The van der Waals surface area contributed by atoms with Crippen LogP contribution in [0.25, 0.3) is 11.3 Å². The lowest BCUT2D eigenvalue weighted by molar-refractivity contribution is -0.126. The fraction of sp³-hybridized carbons (Fsp3) is 0.312. The van der Waals surface area contributed by atoms with Crippen LogP contribution in [0.1, 0.15) is 18.5 Å². The van der Waals surface area contributed by atoms with E-state index in [9.17, 15) is 9.59 Å². The number of rotatable bonds is 5. The van der Waals surface area contributed by atoms with E-state index in [1.165, 1.54) is 0 Å². The molecule has 2 heterocycles. The molecule has 0 unspecified atom stereocenters. The maximum atomic E-state index is 12.3. The summed E-state index contributed by atoms with van der Waals surface area (Å²) >= 11 is 0. The Bertz CT molecular complexity index is 825. The van der Waals surface area contributed by atoms with Gasteiger partial charge in [-0.1, -0.05) is 5.16 Å². The Labute approximate surface area is 136 Å². The van der Waals surface area contributed by atoms with Crippen molar-refractivity contribution in [2.45, 2.75) is 18.3 Å². The van der Waals surface area contributed by atoms with Crippen molar-refractivity contribution in [3.63, 3.8) is 0 Å². The number of ether oxygens (including phenoxy) is 2. The molecule has 1 saturated carbocycles. The topological polar surface area (TPSA) is 117 Å². The molecule has 0 saturated heterocycles. The number of hydrogen-bond acceptors (Lipinski definition) is 6. The number of aromatic nitrogens is 1. The number of nitrogens with two attached hydrogens (primary N) is 1. The van der Waals surface area contributed by atoms with Crippen LogP contribution in [0, 0.1) is 0 Å². The highest BCUT2D eigenvalue weighted by Crippen LogP contribution is 2.48. The van der Waals surface area contributed by atoms with Crippen LogP contribution >= 0.6 is 0 Å². The van der Waals surface area contributed by atoms with Crippen LogP contribution in [-0.2, 0) is 15.0 Å². The predicted molar refractivity (Wildman–Crippen MR) is 81.2 cm³/mol. The summed E-state index contributed by atoms with van der Waals surface area (Å²) in [5.41, 5.74) is 5.67. The van der Waals surface area contributed by atoms with Gasteiger partial charge in [0.15, 0.2) is 17.3 Å². The number of carbonyl (C=O) groups is 2. The largest absolute Gasteiger partial charge is 0.454 e. The fourth-order valence-electron chi connectivity index (χ4n) is 2.75. The molecule has 0 bridgehead atoms. The smallest absolute Gasteiger partial charge is 0.236 e. The van der Waals surface area contributed by atoms with Crippen LogP contribution in [0.15, 0.2) is 28.8 Å². The van der Waals surface area contributed by atoms with Crippen molar-refractivity contribution in [3.05, 3.63) is 30.0 Å². The molecule has 1 fully saturated rings. The Kier molecular flexibility index (Phi) is 3.19. The highest BCUT2D eigenvalue weighted by Gasteiger charge is 2.53. The zero-order valence-corrected chi connectivity index (χ0v) is 12.7. The summed E-state index contributed by atoms with van der Waals surface area (Å²) in [6, 6.07) is 7.19. The third kappa shape index (κ3) is 2.36. The Morgan fingerprint density at radius 2 is 2.00 bits per heavy atom. The SMILES string of the molecule is NC(=O)CNC(=O)C1(c2cc(-c3ccc4c(c3)OCO4)on2)CC1. The van der Waals surface area contributed by atoms with E-state index in [1.54, 1.807) is 18.2 Å². The van der Waals surface area contributed by atoms with Gasteiger partial charge in [0.05, 0.1) is 17.7 Å². The van der Waals surface area contributed by atoms with Gasteiger partial charge in [0.1, 0.15) is 0 Å². The minimum atomic E-state index is -0.729. The van der Waals surface area contributed by atoms with Crippen LogP contribution in [0.3, 0.4) is 0 Å². The minimum Gasteiger partial charge on any atom is -0.454 e. The number of amides is 2. The second-order valence-corrected chi connectivity index (χ2v) is 5.88. The molecule has 0 radical (unpaired) electrons. The molecular weight excluding hydrogens is 314 g/mol. The van der Waals surface area contributed by atoms with E-state index in [-0.39, 0.29) is 19.2 Å². The number of primary amides is 1. The Morgan fingerprint density at radius 1 is 1.21 bits per heavy atom. The molecule has 1 aliphatic heterocycles. The van der Waals surface area contributed by atoms with Gasteiger partial charge in [-0.3, -0.25) is 9.59 Å². The lowest BCUT2D eigenvalue weighted by Gasteiger charge is -2.10. The van der Waals surface area contributed by atoms with E-state index in [1.807, 2.05) is 6.07 Å². The first-order valence-electron chi connectivity index (χ1n) is 7.52. The molecule has 3 N–H and O–H groups in total. The number of nitrogens with one attached hydrogen (secondary N) is 1. The first-order chi connectivity index (χ1) is 11.6. The molecule has 8 nitrogen and oxygen atoms in total. The molecule has 124 valence electrons. The van der Waals surface area contributed by atoms with Gasteiger partial charge < -0.3 is 25.0 Å².